The fraction of sp³-hybridized carbons (Fsp3) is 0.778. The molecule has 1 saturated carbocycles. The molecular weight excluding hydrogens is 227 g/mol. The first-order valence-corrected chi connectivity index (χ1v) is 5.11. The van der Waals surface area contributed by atoms with Crippen molar-refractivity contribution in [2.75, 3.05) is 7.11 Å². The summed E-state index contributed by atoms with van der Waals surface area (Å²) in [5.74, 6) is -1.48. The van der Waals surface area contributed by atoms with E-state index >= 15 is 0 Å². The first-order valence-electron chi connectivity index (χ1n) is 4.23. The predicted molar refractivity (Wildman–Crippen MR) is 53.3 cm³/mol. The number of hydrogen-bond donors (Lipinski definition) is 0. The van der Waals surface area contributed by atoms with Crippen molar-refractivity contribution in [2.24, 2.45) is 17.3 Å². The Morgan fingerprint density at radius 2 is 1.79 bits per heavy atom. The Hall–Kier alpha value is -0.280. The molecule has 5 heteroatoms. The average Bonchev–Trinajstić information content (AvgIpc) is 2.66. The number of carbonyl (C=O) groups excluding carboxylic acids is 2. The van der Waals surface area contributed by atoms with Gasteiger partial charge < -0.3 is 4.74 Å². The second kappa shape index (κ2) is 3.70. The predicted octanol–water partition coefficient (Wildman–Crippen LogP) is 1.80. The summed E-state index contributed by atoms with van der Waals surface area (Å²) >= 11 is 10.9. The summed E-state index contributed by atoms with van der Waals surface area (Å²) in [6.07, 6.45) is 0. The summed E-state index contributed by atoms with van der Waals surface area (Å²) in [7, 11) is 1.30. The normalized spacial score (nSPS) is 28.7. The van der Waals surface area contributed by atoms with Crippen LogP contribution < -0.4 is 0 Å². The van der Waals surface area contributed by atoms with Gasteiger partial charge in [-0.25, -0.2) is 0 Å². The third-order valence-electron chi connectivity index (χ3n) is 2.80. The summed E-state index contributed by atoms with van der Waals surface area (Å²) in [4.78, 5) is 21.7. The highest BCUT2D eigenvalue weighted by Crippen LogP contribution is 2.59. The van der Waals surface area contributed by atoms with Crippen LogP contribution in [0.15, 0.2) is 0 Å². The maximum absolute atomic E-state index is 11.5. The molecule has 0 bridgehead atoms. The zero-order valence-corrected chi connectivity index (χ0v) is 9.72. The summed E-state index contributed by atoms with van der Waals surface area (Å²) in [6.45, 7) is 3.65. The van der Waals surface area contributed by atoms with Crippen molar-refractivity contribution >= 4 is 35.0 Å². The van der Waals surface area contributed by atoms with Crippen LogP contribution in [0.1, 0.15) is 13.8 Å². The van der Waals surface area contributed by atoms with Crippen molar-refractivity contribution in [1.82, 2.24) is 0 Å². The molecule has 80 valence electrons. The van der Waals surface area contributed by atoms with Crippen LogP contribution in [0.3, 0.4) is 0 Å². The van der Waals surface area contributed by atoms with Crippen molar-refractivity contribution in [2.45, 2.75) is 18.7 Å². The Labute approximate surface area is 92.7 Å². The molecule has 0 aromatic rings. The van der Waals surface area contributed by atoms with Crippen molar-refractivity contribution in [3.63, 3.8) is 0 Å². The molecule has 0 aliphatic heterocycles. The maximum Gasteiger partial charge on any atom is 0.309 e. The van der Waals surface area contributed by atoms with E-state index in [0.717, 1.165) is 0 Å². The Morgan fingerprint density at radius 3 is 2.14 bits per heavy atom. The van der Waals surface area contributed by atoms with Gasteiger partial charge in [-0.3, -0.25) is 9.59 Å². The first kappa shape index (κ1) is 11.8. The second-order valence-corrected chi connectivity index (χ2v) is 5.10. The molecule has 1 aliphatic carbocycles. The van der Waals surface area contributed by atoms with Gasteiger partial charge in [0.15, 0.2) is 10.6 Å². The highest BCUT2D eigenvalue weighted by molar-refractivity contribution is 6.54. The molecule has 2 atom stereocenters. The van der Waals surface area contributed by atoms with Gasteiger partial charge in [-0.2, -0.15) is 0 Å². The van der Waals surface area contributed by atoms with Gasteiger partial charge in [-0.1, -0.05) is 37.0 Å². The standard InChI is InChI=1S/C9H12Cl2O3/c1-9(2)4(6(12)7(10)11)5(9)8(13)14-3/h4-5,7H,1-3H3/t4-,5-/m1/s1. The summed E-state index contributed by atoms with van der Waals surface area (Å²) < 4.78 is 4.59. The van der Waals surface area contributed by atoms with Gasteiger partial charge in [0.2, 0.25) is 0 Å². The molecule has 0 radical (unpaired) electrons. The molecule has 1 aliphatic rings. The lowest BCUT2D eigenvalue weighted by Gasteiger charge is -2.01. The average molecular weight is 239 g/mol. The largest absolute Gasteiger partial charge is 0.469 e. The Morgan fingerprint density at radius 1 is 1.29 bits per heavy atom. The molecule has 0 heterocycles. The van der Waals surface area contributed by atoms with Gasteiger partial charge in [0.1, 0.15) is 0 Å². The fourth-order valence-corrected chi connectivity index (χ4v) is 2.14. The summed E-state index contributed by atoms with van der Waals surface area (Å²) in [5.41, 5.74) is -0.383. The van der Waals surface area contributed by atoms with E-state index in [-0.39, 0.29) is 17.2 Å². The minimum absolute atomic E-state index is 0.297. The second-order valence-electron chi connectivity index (χ2n) is 4.00. The van der Waals surface area contributed by atoms with E-state index in [0.29, 0.717) is 0 Å². The Kier molecular flexibility index (Phi) is 3.12. The molecule has 0 aromatic carbocycles. The number of carbonyl (C=O) groups is 2. The van der Waals surface area contributed by atoms with E-state index in [9.17, 15) is 9.59 Å². The number of ether oxygens (including phenoxy) is 1. The number of alkyl halides is 2. The number of Topliss-reactive ketones (excluding diaryl/α,β-unsaturated/α-hetero) is 1. The molecule has 0 aromatic heterocycles. The Bertz CT molecular complexity index is 273. The zero-order chi connectivity index (χ0) is 11.1. The van der Waals surface area contributed by atoms with Gasteiger partial charge >= 0.3 is 5.97 Å². The van der Waals surface area contributed by atoms with E-state index in [4.69, 9.17) is 23.2 Å². The van der Waals surface area contributed by atoms with Crippen LogP contribution in [0.5, 0.6) is 0 Å². The molecule has 1 rings (SSSR count). The lowest BCUT2D eigenvalue weighted by atomic mass is 10.1. The maximum atomic E-state index is 11.5. The summed E-state index contributed by atoms with van der Waals surface area (Å²) in [6, 6.07) is 0. The van der Waals surface area contributed by atoms with Crippen LogP contribution in [-0.4, -0.2) is 23.7 Å². The lowest BCUT2D eigenvalue weighted by Crippen LogP contribution is -2.15. The molecule has 14 heavy (non-hydrogen) atoms. The number of ketones is 1. The molecule has 0 spiro atoms. The molecule has 0 saturated heterocycles. The monoisotopic (exact) mass is 238 g/mol. The van der Waals surface area contributed by atoms with Gasteiger partial charge in [-0.05, 0) is 5.41 Å². The van der Waals surface area contributed by atoms with E-state index in [1.54, 1.807) is 0 Å². The van der Waals surface area contributed by atoms with Crippen molar-refractivity contribution in [3.05, 3.63) is 0 Å². The van der Waals surface area contributed by atoms with Gasteiger partial charge in [0.25, 0.3) is 0 Å². The third kappa shape index (κ3) is 1.75. The molecule has 0 amide bonds. The highest BCUT2D eigenvalue weighted by atomic mass is 35.5. The number of hydrogen-bond acceptors (Lipinski definition) is 3. The van der Waals surface area contributed by atoms with Gasteiger partial charge in [-0.15, -0.1) is 0 Å². The molecule has 1 fully saturated rings. The lowest BCUT2D eigenvalue weighted by molar-refractivity contribution is -0.143. The first-order chi connectivity index (χ1) is 6.34. The van der Waals surface area contributed by atoms with Gasteiger partial charge in [0.05, 0.1) is 13.0 Å². The minimum Gasteiger partial charge on any atom is -0.469 e. The number of rotatable bonds is 3. The van der Waals surface area contributed by atoms with Crippen LogP contribution in [0.2, 0.25) is 0 Å². The van der Waals surface area contributed by atoms with Crippen molar-refractivity contribution < 1.29 is 14.3 Å². The number of methoxy groups -OCH3 is 1. The highest BCUT2D eigenvalue weighted by Gasteiger charge is 2.66. The van der Waals surface area contributed by atoms with Crippen molar-refractivity contribution in [1.29, 1.82) is 0 Å². The topological polar surface area (TPSA) is 43.4 Å². The molecule has 3 nitrogen and oxygen atoms in total. The van der Waals surface area contributed by atoms with E-state index in [1.165, 1.54) is 7.11 Å². The van der Waals surface area contributed by atoms with Crippen LogP contribution in [0.4, 0.5) is 0 Å². The van der Waals surface area contributed by atoms with E-state index < -0.39 is 16.7 Å². The van der Waals surface area contributed by atoms with Crippen LogP contribution >= 0.6 is 23.2 Å². The van der Waals surface area contributed by atoms with E-state index in [1.807, 2.05) is 13.8 Å². The van der Waals surface area contributed by atoms with Crippen LogP contribution in [0, 0.1) is 17.3 Å². The van der Waals surface area contributed by atoms with Gasteiger partial charge in [0, 0.05) is 5.92 Å². The third-order valence-corrected chi connectivity index (χ3v) is 3.23. The Balaban J connectivity index is 2.76. The number of esters is 1. The summed E-state index contributed by atoms with van der Waals surface area (Å²) in [5, 5.41) is 0. The van der Waals surface area contributed by atoms with Crippen molar-refractivity contribution in [3.8, 4) is 0 Å². The smallest absolute Gasteiger partial charge is 0.309 e. The van der Waals surface area contributed by atoms with Crippen LogP contribution in [-0.2, 0) is 14.3 Å². The molecule has 0 unspecified atom stereocenters. The SMILES string of the molecule is COC(=O)[C@H]1[C@H](C(=O)C(Cl)Cl)C1(C)C. The van der Waals surface area contributed by atoms with E-state index in [2.05, 4.69) is 4.74 Å². The zero-order valence-electron chi connectivity index (χ0n) is 8.21. The fourth-order valence-electron chi connectivity index (χ4n) is 1.87. The van der Waals surface area contributed by atoms with Crippen LogP contribution in [0.25, 0.3) is 0 Å². The molecular formula is C9H12Cl2O3. The molecule has 0 N–H and O–H groups in total. The minimum atomic E-state index is -1.06. The number of halogens is 2. The quantitative estimate of drug-likeness (QED) is 0.557.